The van der Waals surface area contributed by atoms with Gasteiger partial charge in [0.1, 0.15) is 10.6 Å². The summed E-state index contributed by atoms with van der Waals surface area (Å²) in [6.45, 7) is 0. The lowest BCUT2D eigenvalue weighted by atomic mass is 9.91. The first kappa shape index (κ1) is 20.7. The quantitative estimate of drug-likeness (QED) is 0.709. The molecule has 1 aliphatic carbocycles. The monoisotopic (exact) mass is 377 g/mol. The number of ether oxygens (including phenoxy) is 1. The normalized spacial score (nSPS) is 20.8. The topological polar surface area (TPSA) is 111 Å². The van der Waals surface area contributed by atoms with Crippen LogP contribution in [0.15, 0.2) is 23.1 Å². The van der Waals surface area contributed by atoms with Crippen LogP contribution in [-0.4, -0.2) is 40.6 Å². The number of benzene rings is 1. The number of hydrogen-bond donors (Lipinski definition) is 3. The lowest BCUT2D eigenvalue weighted by molar-refractivity contribution is 0.0925. The predicted octanol–water partition coefficient (Wildman–Crippen LogP) is 1.02. The summed E-state index contributed by atoms with van der Waals surface area (Å²) < 4.78 is 31.4. The molecule has 7 nitrogen and oxygen atoms in total. The number of carbonyl (C=O) groups excluding carboxylic acids is 1. The Morgan fingerprint density at radius 2 is 1.88 bits per heavy atom. The van der Waals surface area contributed by atoms with Gasteiger partial charge in [-0.3, -0.25) is 4.79 Å². The van der Waals surface area contributed by atoms with Crippen LogP contribution >= 0.6 is 12.4 Å². The summed E-state index contributed by atoms with van der Waals surface area (Å²) in [6, 6.07) is 4.65. The molecule has 0 unspecified atom stereocenters. The maximum Gasteiger partial charge on any atom is 0.251 e. The van der Waals surface area contributed by atoms with E-state index in [0.29, 0.717) is 0 Å². The van der Waals surface area contributed by atoms with E-state index in [4.69, 9.17) is 10.5 Å². The molecule has 0 aromatic heterocycles. The van der Waals surface area contributed by atoms with Gasteiger partial charge < -0.3 is 15.8 Å². The molecule has 0 aliphatic heterocycles. The van der Waals surface area contributed by atoms with Gasteiger partial charge in [0.15, 0.2) is 0 Å². The summed E-state index contributed by atoms with van der Waals surface area (Å²) in [4.78, 5) is 12.3. The van der Waals surface area contributed by atoms with Gasteiger partial charge in [0.05, 0.1) is 7.11 Å². The van der Waals surface area contributed by atoms with Crippen molar-refractivity contribution < 1.29 is 17.9 Å². The second kappa shape index (κ2) is 8.66. The lowest BCUT2D eigenvalue weighted by Gasteiger charge is -2.26. The van der Waals surface area contributed by atoms with Crippen LogP contribution in [0.5, 0.6) is 5.75 Å². The Morgan fingerprint density at radius 3 is 2.42 bits per heavy atom. The van der Waals surface area contributed by atoms with Gasteiger partial charge in [0.2, 0.25) is 10.0 Å². The molecule has 1 saturated carbocycles. The van der Waals surface area contributed by atoms with Crippen LogP contribution in [-0.2, 0) is 10.0 Å². The summed E-state index contributed by atoms with van der Waals surface area (Å²) in [6.07, 6.45) is 3.44. The van der Waals surface area contributed by atoms with Crippen LogP contribution in [0.3, 0.4) is 0 Å². The minimum absolute atomic E-state index is 0. The zero-order valence-corrected chi connectivity index (χ0v) is 15.4. The van der Waals surface area contributed by atoms with Crippen molar-refractivity contribution in [3.05, 3.63) is 23.8 Å². The average molecular weight is 378 g/mol. The molecule has 4 N–H and O–H groups in total. The Labute approximate surface area is 148 Å². The fraction of sp³-hybridized carbons (Fsp3) is 0.533. The third-order valence-electron chi connectivity index (χ3n) is 4.09. The van der Waals surface area contributed by atoms with E-state index < -0.39 is 10.0 Å². The molecule has 0 heterocycles. The molecular weight excluding hydrogens is 354 g/mol. The summed E-state index contributed by atoms with van der Waals surface area (Å²) in [5.74, 6) is -0.0970. The van der Waals surface area contributed by atoms with Gasteiger partial charge >= 0.3 is 0 Å². The molecule has 0 spiro atoms. The third-order valence-corrected chi connectivity index (χ3v) is 5.53. The largest absolute Gasteiger partial charge is 0.495 e. The molecule has 1 aliphatic rings. The van der Waals surface area contributed by atoms with E-state index in [9.17, 15) is 13.2 Å². The van der Waals surface area contributed by atoms with Crippen molar-refractivity contribution >= 4 is 28.3 Å². The number of carbonyl (C=O) groups is 1. The zero-order valence-electron chi connectivity index (χ0n) is 13.7. The Bertz CT molecular complexity index is 673. The number of methoxy groups -OCH3 is 1. The molecule has 136 valence electrons. The second-order valence-electron chi connectivity index (χ2n) is 5.66. The molecule has 1 aromatic carbocycles. The average Bonchev–Trinajstić information content (AvgIpc) is 2.56. The molecule has 0 saturated heterocycles. The summed E-state index contributed by atoms with van der Waals surface area (Å²) in [7, 11) is -1.01. The van der Waals surface area contributed by atoms with E-state index in [0.717, 1.165) is 25.7 Å². The highest BCUT2D eigenvalue weighted by molar-refractivity contribution is 7.89. The van der Waals surface area contributed by atoms with Crippen LogP contribution in [0.1, 0.15) is 36.0 Å². The van der Waals surface area contributed by atoms with Crippen molar-refractivity contribution in [2.24, 2.45) is 5.73 Å². The minimum atomic E-state index is -3.71. The highest BCUT2D eigenvalue weighted by atomic mass is 35.5. The molecule has 24 heavy (non-hydrogen) atoms. The van der Waals surface area contributed by atoms with Crippen LogP contribution in [0.2, 0.25) is 0 Å². The van der Waals surface area contributed by atoms with Gasteiger partial charge in [-0.2, -0.15) is 0 Å². The fourth-order valence-electron chi connectivity index (χ4n) is 2.67. The van der Waals surface area contributed by atoms with Crippen LogP contribution in [0, 0.1) is 0 Å². The number of sulfonamides is 1. The van der Waals surface area contributed by atoms with Crippen LogP contribution < -0.4 is 20.5 Å². The number of nitrogens with one attached hydrogen (secondary N) is 2. The maximum atomic E-state index is 12.4. The molecular formula is C15H24ClN3O4S. The van der Waals surface area contributed by atoms with E-state index in [1.54, 1.807) is 6.07 Å². The van der Waals surface area contributed by atoms with Crippen LogP contribution in [0.4, 0.5) is 0 Å². The Balaban J connectivity index is 0.00000288. The SMILES string of the molecule is CNS(=O)(=O)c1cc(C(=O)NC2CCC(N)CC2)ccc1OC.Cl. The molecule has 0 atom stereocenters. The van der Waals surface area contributed by atoms with E-state index >= 15 is 0 Å². The maximum absolute atomic E-state index is 12.4. The highest BCUT2D eigenvalue weighted by Crippen LogP contribution is 2.25. The van der Waals surface area contributed by atoms with Crippen LogP contribution in [0.25, 0.3) is 0 Å². The molecule has 1 amide bonds. The van der Waals surface area contributed by atoms with E-state index in [1.165, 1.54) is 26.3 Å². The first-order valence-corrected chi connectivity index (χ1v) is 9.03. The number of rotatable bonds is 5. The third kappa shape index (κ3) is 4.83. The lowest BCUT2D eigenvalue weighted by Crippen LogP contribution is -2.40. The fourth-order valence-corrected chi connectivity index (χ4v) is 3.59. The highest BCUT2D eigenvalue weighted by Gasteiger charge is 2.23. The molecule has 0 bridgehead atoms. The first-order valence-electron chi connectivity index (χ1n) is 7.55. The summed E-state index contributed by atoms with van der Waals surface area (Å²) in [5, 5.41) is 2.94. The van der Waals surface area contributed by atoms with E-state index in [-0.39, 0.29) is 46.6 Å². The second-order valence-corrected chi connectivity index (χ2v) is 7.51. The molecule has 2 rings (SSSR count). The van der Waals surface area contributed by atoms with E-state index in [1.807, 2.05) is 0 Å². The van der Waals surface area contributed by atoms with Crippen molar-refractivity contribution in [1.29, 1.82) is 0 Å². The van der Waals surface area contributed by atoms with Crippen molar-refractivity contribution in [2.75, 3.05) is 14.2 Å². The molecule has 1 aromatic rings. The van der Waals surface area contributed by atoms with Gasteiger partial charge in [-0.1, -0.05) is 0 Å². The molecule has 1 fully saturated rings. The molecule has 0 radical (unpaired) electrons. The first-order chi connectivity index (χ1) is 10.9. The van der Waals surface area contributed by atoms with Gasteiger partial charge in [0, 0.05) is 17.6 Å². The van der Waals surface area contributed by atoms with Crippen molar-refractivity contribution in [3.63, 3.8) is 0 Å². The number of hydrogen-bond acceptors (Lipinski definition) is 5. The molecule has 9 heteroatoms. The van der Waals surface area contributed by atoms with Crippen molar-refractivity contribution in [2.45, 2.75) is 42.7 Å². The van der Waals surface area contributed by atoms with E-state index in [2.05, 4.69) is 10.0 Å². The van der Waals surface area contributed by atoms with Gasteiger partial charge in [-0.05, 0) is 50.9 Å². The standard InChI is InChI=1S/C15H23N3O4S.ClH/c1-17-23(20,21)14-9-10(3-8-13(14)22-2)15(19)18-12-6-4-11(16)5-7-12;/h3,8-9,11-12,17H,4-7,16H2,1-2H3,(H,18,19);1H. The van der Waals surface area contributed by atoms with Gasteiger partial charge in [-0.15, -0.1) is 12.4 Å². The summed E-state index contributed by atoms with van der Waals surface area (Å²) >= 11 is 0. The minimum Gasteiger partial charge on any atom is -0.495 e. The predicted molar refractivity (Wildman–Crippen MR) is 94.2 cm³/mol. The smallest absolute Gasteiger partial charge is 0.251 e. The zero-order chi connectivity index (χ0) is 17.0. The van der Waals surface area contributed by atoms with Crippen molar-refractivity contribution in [1.82, 2.24) is 10.0 Å². The Morgan fingerprint density at radius 1 is 1.25 bits per heavy atom. The Kier molecular flexibility index (Phi) is 7.47. The van der Waals surface area contributed by atoms with Gasteiger partial charge in [-0.25, -0.2) is 13.1 Å². The summed E-state index contributed by atoms with van der Waals surface area (Å²) in [5.41, 5.74) is 6.14. The number of halogens is 1. The van der Waals surface area contributed by atoms with Gasteiger partial charge in [0.25, 0.3) is 5.91 Å². The number of nitrogens with two attached hydrogens (primary N) is 1. The van der Waals surface area contributed by atoms with Crippen molar-refractivity contribution in [3.8, 4) is 5.75 Å². The number of amides is 1. The Hall–Kier alpha value is -1.35.